The Bertz CT molecular complexity index is 883. The van der Waals surface area contributed by atoms with Gasteiger partial charge in [0.2, 0.25) is 0 Å². The van der Waals surface area contributed by atoms with Crippen LogP contribution in [0.2, 0.25) is 5.02 Å². The van der Waals surface area contributed by atoms with E-state index < -0.39 is 17.7 Å². The van der Waals surface area contributed by atoms with E-state index in [4.69, 9.17) is 11.6 Å². The molecule has 1 N–H and O–H groups in total. The third-order valence-corrected chi connectivity index (χ3v) is 5.68. The van der Waals surface area contributed by atoms with E-state index in [-0.39, 0.29) is 23.7 Å². The number of Topliss-reactive ketones (excluding diaryl/α,β-unsaturated/α-hetero) is 1. The molecule has 0 aliphatic carbocycles. The van der Waals surface area contributed by atoms with E-state index in [1.54, 1.807) is 24.3 Å². The van der Waals surface area contributed by atoms with Crippen LogP contribution in [0.3, 0.4) is 0 Å². The van der Waals surface area contributed by atoms with Crippen molar-refractivity contribution in [3.63, 3.8) is 0 Å². The molecule has 2 aromatic rings. The monoisotopic (exact) mass is 389 g/mol. The summed E-state index contributed by atoms with van der Waals surface area (Å²) in [5.74, 6) is -1.08. The fourth-order valence-corrected chi connectivity index (χ4v) is 4.30. The van der Waals surface area contributed by atoms with Gasteiger partial charge in [0.05, 0.1) is 5.57 Å². The van der Waals surface area contributed by atoms with Gasteiger partial charge in [-0.2, -0.15) is 0 Å². The van der Waals surface area contributed by atoms with Crippen molar-refractivity contribution in [3.8, 4) is 0 Å². The molecule has 1 unspecified atom stereocenters. The first-order chi connectivity index (χ1) is 12.3. The van der Waals surface area contributed by atoms with Crippen LogP contribution in [0, 0.1) is 12.8 Å². The van der Waals surface area contributed by atoms with Crippen molar-refractivity contribution < 1.29 is 14.7 Å². The summed E-state index contributed by atoms with van der Waals surface area (Å²) < 4.78 is 0. The molecular formula is C20H20ClNO3S. The van der Waals surface area contributed by atoms with Crippen molar-refractivity contribution >= 4 is 40.3 Å². The lowest BCUT2D eigenvalue weighted by atomic mass is 9.94. The highest BCUT2D eigenvalue weighted by atomic mass is 35.5. The second-order valence-electron chi connectivity index (χ2n) is 6.81. The number of thiophene rings is 1. The predicted molar refractivity (Wildman–Crippen MR) is 105 cm³/mol. The zero-order valence-electron chi connectivity index (χ0n) is 14.8. The Morgan fingerprint density at radius 2 is 1.92 bits per heavy atom. The fraction of sp³-hybridized carbons (Fsp3) is 0.300. The van der Waals surface area contributed by atoms with Gasteiger partial charge in [0.25, 0.3) is 5.91 Å². The lowest BCUT2D eigenvalue weighted by Gasteiger charge is -2.26. The number of anilines is 1. The van der Waals surface area contributed by atoms with Crippen LogP contribution in [0.1, 0.15) is 36.8 Å². The van der Waals surface area contributed by atoms with Gasteiger partial charge in [0, 0.05) is 22.0 Å². The quantitative estimate of drug-likeness (QED) is 0.762. The Morgan fingerprint density at radius 1 is 1.27 bits per heavy atom. The molecular weight excluding hydrogens is 370 g/mol. The summed E-state index contributed by atoms with van der Waals surface area (Å²) in [5, 5.41) is 13.0. The van der Waals surface area contributed by atoms with Gasteiger partial charge in [-0.05, 0) is 54.1 Å². The van der Waals surface area contributed by atoms with E-state index in [0.717, 1.165) is 10.4 Å². The van der Waals surface area contributed by atoms with E-state index in [2.05, 4.69) is 0 Å². The molecule has 1 aromatic carbocycles. The number of rotatable bonds is 5. The SMILES string of the molecule is Cc1ccsc1C1C(C(=O)CC(C)C)=C(O)C(=O)N1c1ccc(Cl)cc1. The number of amides is 1. The molecule has 2 heterocycles. The normalized spacial score (nSPS) is 17.5. The largest absolute Gasteiger partial charge is 0.503 e. The van der Waals surface area contributed by atoms with Gasteiger partial charge in [-0.15, -0.1) is 11.3 Å². The molecule has 1 aliphatic rings. The van der Waals surface area contributed by atoms with Crippen LogP contribution < -0.4 is 4.90 Å². The molecule has 1 atom stereocenters. The lowest BCUT2D eigenvalue weighted by Crippen LogP contribution is -2.31. The van der Waals surface area contributed by atoms with Crippen molar-refractivity contribution in [2.75, 3.05) is 4.90 Å². The van der Waals surface area contributed by atoms with Crippen LogP contribution in [-0.4, -0.2) is 16.8 Å². The highest BCUT2D eigenvalue weighted by molar-refractivity contribution is 7.10. The van der Waals surface area contributed by atoms with E-state index in [9.17, 15) is 14.7 Å². The standard InChI is InChI=1S/C20H20ClNO3S/c1-11(2)10-15(23)16-17(19-12(3)8-9-26-19)22(20(25)18(16)24)14-6-4-13(21)5-7-14/h4-9,11,17,24H,10H2,1-3H3. The average molecular weight is 390 g/mol. The van der Waals surface area contributed by atoms with Crippen LogP contribution in [0.5, 0.6) is 0 Å². The first-order valence-electron chi connectivity index (χ1n) is 8.40. The Kier molecular flexibility index (Phi) is 5.21. The second kappa shape index (κ2) is 7.25. The summed E-state index contributed by atoms with van der Waals surface area (Å²) in [4.78, 5) is 28.1. The Morgan fingerprint density at radius 3 is 2.46 bits per heavy atom. The van der Waals surface area contributed by atoms with Crippen molar-refractivity contribution in [1.82, 2.24) is 0 Å². The predicted octanol–water partition coefficient (Wildman–Crippen LogP) is 5.23. The molecule has 136 valence electrons. The third kappa shape index (κ3) is 3.29. The van der Waals surface area contributed by atoms with Crippen molar-refractivity contribution in [3.05, 3.63) is 62.5 Å². The zero-order valence-corrected chi connectivity index (χ0v) is 16.4. The molecule has 0 fully saturated rings. The second-order valence-corrected chi connectivity index (χ2v) is 8.19. The van der Waals surface area contributed by atoms with Gasteiger partial charge in [-0.3, -0.25) is 14.5 Å². The van der Waals surface area contributed by atoms with Gasteiger partial charge < -0.3 is 5.11 Å². The number of ketones is 1. The Hall–Kier alpha value is -2.11. The number of carbonyl (C=O) groups excluding carboxylic acids is 2. The van der Waals surface area contributed by atoms with E-state index in [0.29, 0.717) is 10.7 Å². The molecule has 26 heavy (non-hydrogen) atoms. The lowest BCUT2D eigenvalue weighted by molar-refractivity contribution is -0.118. The summed E-state index contributed by atoms with van der Waals surface area (Å²) in [7, 11) is 0. The summed E-state index contributed by atoms with van der Waals surface area (Å²) in [6, 6.07) is 8.15. The van der Waals surface area contributed by atoms with Crippen molar-refractivity contribution in [2.24, 2.45) is 5.92 Å². The van der Waals surface area contributed by atoms with Crippen LogP contribution in [-0.2, 0) is 9.59 Å². The molecule has 0 saturated carbocycles. The third-order valence-electron chi connectivity index (χ3n) is 4.36. The topological polar surface area (TPSA) is 57.6 Å². The summed E-state index contributed by atoms with van der Waals surface area (Å²) >= 11 is 7.44. The van der Waals surface area contributed by atoms with E-state index in [1.165, 1.54) is 16.2 Å². The molecule has 1 aliphatic heterocycles. The molecule has 0 bridgehead atoms. The van der Waals surface area contributed by atoms with Gasteiger partial charge in [-0.1, -0.05) is 25.4 Å². The molecule has 0 radical (unpaired) electrons. The summed E-state index contributed by atoms with van der Waals surface area (Å²) in [6.45, 7) is 5.82. The van der Waals surface area contributed by atoms with Crippen LogP contribution in [0.25, 0.3) is 0 Å². The molecule has 6 heteroatoms. The maximum atomic E-state index is 12.8. The van der Waals surface area contributed by atoms with Gasteiger partial charge in [0.1, 0.15) is 6.04 Å². The molecule has 0 spiro atoms. The molecule has 1 aromatic heterocycles. The maximum absolute atomic E-state index is 12.8. The molecule has 0 saturated heterocycles. The highest BCUT2D eigenvalue weighted by Gasteiger charge is 2.45. The Balaban J connectivity index is 2.14. The number of carbonyl (C=O) groups is 2. The number of aliphatic hydroxyl groups excluding tert-OH is 1. The Labute approximate surface area is 161 Å². The first-order valence-corrected chi connectivity index (χ1v) is 9.66. The number of aryl methyl sites for hydroxylation is 1. The number of halogens is 1. The van der Waals surface area contributed by atoms with Crippen LogP contribution in [0.4, 0.5) is 5.69 Å². The smallest absolute Gasteiger partial charge is 0.294 e. The van der Waals surface area contributed by atoms with Gasteiger partial charge >= 0.3 is 0 Å². The number of nitrogens with zero attached hydrogens (tertiary/aromatic N) is 1. The molecule has 1 amide bonds. The zero-order chi connectivity index (χ0) is 19.0. The first kappa shape index (κ1) is 18.7. The number of aliphatic hydroxyl groups is 1. The number of hydrogen-bond acceptors (Lipinski definition) is 4. The van der Waals surface area contributed by atoms with Crippen molar-refractivity contribution in [1.29, 1.82) is 0 Å². The minimum Gasteiger partial charge on any atom is -0.503 e. The maximum Gasteiger partial charge on any atom is 0.294 e. The summed E-state index contributed by atoms with van der Waals surface area (Å²) in [5.41, 5.74) is 1.76. The highest BCUT2D eigenvalue weighted by Crippen LogP contribution is 2.44. The summed E-state index contributed by atoms with van der Waals surface area (Å²) in [6.07, 6.45) is 0.280. The van der Waals surface area contributed by atoms with Crippen molar-refractivity contribution in [2.45, 2.75) is 33.2 Å². The molecule has 4 nitrogen and oxygen atoms in total. The average Bonchev–Trinajstić information content (AvgIpc) is 3.10. The minimum atomic E-state index is -0.616. The van der Waals surface area contributed by atoms with Gasteiger partial charge in [0.15, 0.2) is 11.5 Å². The number of benzene rings is 1. The van der Waals surface area contributed by atoms with Gasteiger partial charge in [-0.25, -0.2) is 0 Å². The van der Waals surface area contributed by atoms with Crippen LogP contribution >= 0.6 is 22.9 Å². The van der Waals surface area contributed by atoms with E-state index in [1.807, 2.05) is 32.2 Å². The number of hydrogen-bond donors (Lipinski definition) is 1. The molecule has 3 rings (SSSR count). The minimum absolute atomic E-state index is 0.132. The fourth-order valence-electron chi connectivity index (χ4n) is 3.15. The van der Waals surface area contributed by atoms with Crippen LogP contribution in [0.15, 0.2) is 47.0 Å². The van der Waals surface area contributed by atoms with E-state index >= 15 is 0 Å².